The van der Waals surface area contributed by atoms with E-state index in [0.717, 1.165) is 77.4 Å². The zero-order chi connectivity index (χ0) is 30.9. The summed E-state index contributed by atoms with van der Waals surface area (Å²) in [5.41, 5.74) is 9.63. The van der Waals surface area contributed by atoms with E-state index >= 15 is 0 Å². The first-order valence-corrected chi connectivity index (χ1v) is 15.5. The average molecular weight is 605 g/mol. The van der Waals surface area contributed by atoms with Crippen molar-refractivity contribution >= 4 is 54.9 Å². The Hall–Kier alpha value is -6.60. The Kier molecular flexibility index (Phi) is 5.44. The van der Waals surface area contributed by atoms with E-state index in [9.17, 15) is 0 Å². The van der Waals surface area contributed by atoms with Gasteiger partial charge in [0.1, 0.15) is 22.8 Å². The standard InChI is InChI=1S/C40H24N6O/c1-3-9-25(10-4-1)33-24-45-34-13-7-19-41-37(34)30-18-16-28(22-32(30)40(45)44-33)47-27-15-17-29-31(21-27)39-43-23-36(26-11-5-2-6-12-26)46(39)35-14-8-20-42-38(29)35/h1-24H. The van der Waals surface area contributed by atoms with Gasteiger partial charge < -0.3 is 4.74 Å². The number of benzene rings is 4. The van der Waals surface area contributed by atoms with Gasteiger partial charge in [0.15, 0.2) is 0 Å². The lowest BCUT2D eigenvalue weighted by Crippen LogP contribution is -1.96. The molecule has 0 saturated carbocycles. The number of hydrogen-bond donors (Lipinski definition) is 0. The van der Waals surface area contributed by atoms with Crippen LogP contribution in [-0.4, -0.2) is 28.7 Å². The highest BCUT2D eigenvalue weighted by atomic mass is 16.5. The molecule has 47 heavy (non-hydrogen) atoms. The lowest BCUT2D eigenvalue weighted by atomic mass is 10.1. The van der Waals surface area contributed by atoms with Crippen molar-refractivity contribution < 1.29 is 4.74 Å². The van der Waals surface area contributed by atoms with Crippen LogP contribution >= 0.6 is 0 Å². The second-order valence-corrected chi connectivity index (χ2v) is 11.6. The molecule has 0 unspecified atom stereocenters. The summed E-state index contributed by atoms with van der Waals surface area (Å²) in [6, 6.07) is 41.0. The number of hydrogen-bond acceptors (Lipinski definition) is 5. The molecule has 0 bridgehead atoms. The van der Waals surface area contributed by atoms with Gasteiger partial charge in [0.2, 0.25) is 0 Å². The van der Waals surface area contributed by atoms with Crippen molar-refractivity contribution in [1.82, 2.24) is 28.7 Å². The molecule has 0 amide bonds. The van der Waals surface area contributed by atoms with Crippen LogP contribution in [0.4, 0.5) is 0 Å². The van der Waals surface area contributed by atoms with Gasteiger partial charge in [-0.1, -0.05) is 60.7 Å². The molecule has 220 valence electrons. The smallest absolute Gasteiger partial charge is 0.146 e. The Labute approximate surface area is 268 Å². The van der Waals surface area contributed by atoms with Crippen molar-refractivity contribution in [1.29, 1.82) is 0 Å². The number of aromatic nitrogens is 6. The van der Waals surface area contributed by atoms with E-state index < -0.39 is 0 Å². The fourth-order valence-corrected chi connectivity index (χ4v) is 6.78. The van der Waals surface area contributed by atoms with Crippen LogP contribution < -0.4 is 4.74 Å². The van der Waals surface area contributed by atoms with Crippen LogP contribution in [0, 0.1) is 0 Å². The number of ether oxygens (including phenoxy) is 1. The summed E-state index contributed by atoms with van der Waals surface area (Å²) in [4.78, 5) is 19.6. The highest BCUT2D eigenvalue weighted by Crippen LogP contribution is 2.37. The number of imidazole rings is 2. The van der Waals surface area contributed by atoms with E-state index in [1.165, 1.54) is 0 Å². The highest BCUT2D eigenvalue weighted by Gasteiger charge is 2.17. The maximum atomic E-state index is 6.58. The fourth-order valence-electron chi connectivity index (χ4n) is 6.78. The van der Waals surface area contributed by atoms with Gasteiger partial charge in [0, 0.05) is 51.3 Å². The normalized spacial score (nSPS) is 11.8. The molecule has 0 radical (unpaired) electrons. The van der Waals surface area contributed by atoms with Gasteiger partial charge in [-0.15, -0.1) is 0 Å². The molecular weight excluding hydrogens is 580 g/mol. The van der Waals surface area contributed by atoms with Crippen LogP contribution in [0.1, 0.15) is 0 Å². The molecule has 0 N–H and O–H groups in total. The molecule has 0 fully saturated rings. The van der Waals surface area contributed by atoms with Crippen molar-refractivity contribution in [2.24, 2.45) is 0 Å². The minimum Gasteiger partial charge on any atom is -0.457 e. The predicted octanol–water partition coefficient (Wildman–Crippen LogP) is 9.51. The van der Waals surface area contributed by atoms with Gasteiger partial charge in [-0.05, 0) is 60.7 Å². The molecule has 10 aromatic rings. The van der Waals surface area contributed by atoms with Crippen LogP contribution in [0.3, 0.4) is 0 Å². The molecule has 0 saturated heterocycles. The summed E-state index contributed by atoms with van der Waals surface area (Å²) in [7, 11) is 0. The molecule has 6 aromatic heterocycles. The van der Waals surface area contributed by atoms with Gasteiger partial charge in [0.05, 0.1) is 39.7 Å². The lowest BCUT2D eigenvalue weighted by molar-refractivity contribution is 0.484. The van der Waals surface area contributed by atoms with Crippen molar-refractivity contribution in [3.05, 3.63) is 146 Å². The van der Waals surface area contributed by atoms with E-state index in [4.69, 9.17) is 24.7 Å². The summed E-state index contributed by atoms with van der Waals surface area (Å²) >= 11 is 0. The molecule has 0 spiro atoms. The van der Waals surface area contributed by atoms with Gasteiger partial charge in [-0.3, -0.25) is 18.8 Å². The third-order valence-corrected chi connectivity index (χ3v) is 8.89. The van der Waals surface area contributed by atoms with E-state index in [1.54, 1.807) is 0 Å². The Morgan fingerprint density at radius 1 is 0.511 bits per heavy atom. The first-order chi connectivity index (χ1) is 23.3. The third-order valence-electron chi connectivity index (χ3n) is 8.89. The van der Waals surface area contributed by atoms with Gasteiger partial charge in [0.25, 0.3) is 0 Å². The van der Waals surface area contributed by atoms with Crippen LogP contribution in [0.2, 0.25) is 0 Å². The van der Waals surface area contributed by atoms with Gasteiger partial charge in [-0.2, -0.15) is 0 Å². The van der Waals surface area contributed by atoms with Crippen LogP contribution in [0.5, 0.6) is 11.5 Å². The molecule has 4 aromatic carbocycles. The van der Waals surface area contributed by atoms with Gasteiger partial charge >= 0.3 is 0 Å². The Morgan fingerprint density at radius 2 is 1.13 bits per heavy atom. The molecule has 0 aliphatic carbocycles. The largest absolute Gasteiger partial charge is 0.457 e. The number of pyridine rings is 4. The maximum Gasteiger partial charge on any atom is 0.146 e. The fraction of sp³-hybridized carbons (Fsp3) is 0. The molecule has 10 rings (SSSR count). The highest BCUT2D eigenvalue weighted by molar-refractivity contribution is 6.12. The zero-order valence-corrected chi connectivity index (χ0v) is 24.9. The quantitative estimate of drug-likeness (QED) is 0.187. The summed E-state index contributed by atoms with van der Waals surface area (Å²) in [5.74, 6) is 1.42. The van der Waals surface area contributed by atoms with Crippen molar-refractivity contribution in [3.8, 4) is 34.0 Å². The first kappa shape index (κ1) is 25.7. The molecule has 0 atom stereocenters. The Balaban J connectivity index is 1.15. The number of rotatable bonds is 4. The van der Waals surface area contributed by atoms with Gasteiger partial charge in [-0.25, -0.2) is 9.97 Å². The summed E-state index contributed by atoms with van der Waals surface area (Å²) in [5, 5.41) is 3.98. The average Bonchev–Trinajstić information content (AvgIpc) is 3.79. The SMILES string of the molecule is c1ccc(-c2cn3c4cccnc4c4ccc(Oc5ccc6c(c5)c5ncc(-c7ccccc7)n5c5cccnc65)cc4c3n2)cc1. The first-order valence-electron chi connectivity index (χ1n) is 15.5. The third kappa shape index (κ3) is 3.93. The van der Waals surface area contributed by atoms with E-state index in [0.29, 0.717) is 11.5 Å². The monoisotopic (exact) mass is 604 g/mol. The van der Waals surface area contributed by atoms with Crippen molar-refractivity contribution in [2.45, 2.75) is 0 Å². The van der Waals surface area contributed by atoms with E-state index in [1.807, 2.05) is 79.3 Å². The number of nitrogens with zero attached hydrogens (tertiary/aromatic N) is 6. The lowest BCUT2D eigenvalue weighted by Gasteiger charge is -2.13. The summed E-state index contributed by atoms with van der Waals surface area (Å²) < 4.78 is 10.9. The summed E-state index contributed by atoms with van der Waals surface area (Å²) in [6.45, 7) is 0. The second-order valence-electron chi connectivity index (χ2n) is 11.6. The van der Waals surface area contributed by atoms with Crippen LogP contribution in [-0.2, 0) is 0 Å². The molecule has 0 aliphatic heterocycles. The van der Waals surface area contributed by atoms with E-state index in [-0.39, 0.29) is 0 Å². The molecule has 6 heterocycles. The van der Waals surface area contributed by atoms with Crippen molar-refractivity contribution in [2.75, 3.05) is 0 Å². The zero-order valence-electron chi connectivity index (χ0n) is 24.9. The molecule has 0 aliphatic rings. The topological polar surface area (TPSA) is 69.6 Å². The van der Waals surface area contributed by atoms with Crippen LogP contribution in [0.25, 0.3) is 77.4 Å². The Morgan fingerprint density at radius 3 is 1.83 bits per heavy atom. The van der Waals surface area contributed by atoms with Crippen LogP contribution in [0.15, 0.2) is 146 Å². The molecule has 7 nitrogen and oxygen atoms in total. The predicted molar refractivity (Wildman–Crippen MR) is 187 cm³/mol. The van der Waals surface area contributed by atoms with Crippen molar-refractivity contribution in [3.63, 3.8) is 0 Å². The molecule has 7 heteroatoms. The maximum absolute atomic E-state index is 6.58. The minimum atomic E-state index is 0.710. The second kappa shape index (κ2) is 9.95. The minimum absolute atomic E-state index is 0.710. The number of fused-ring (bicyclic) bond motifs is 12. The summed E-state index contributed by atoms with van der Waals surface area (Å²) in [6.07, 6.45) is 7.69. The molecular formula is C40H24N6O. The Bertz CT molecular complexity index is 2770. The van der Waals surface area contributed by atoms with E-state index in [2.05, 4.69) is 75.7 Å².